The van der Waals surface area contributed by atoms with Crippen LogP contribution in [0.3, 0.4) is 0 Å². The van der Waals surface area contributed by atoms with Crippen molar-refractivity contribution in [2.45, 2.75) is 31.2 Å². The standard InChI is InChI=1S/C27H23N5O3S/c1-16-8-4-6-10-22(16)31-25(35)21-9-5-7-11-23(21)32-26(31)29-30-27(32)36-18(3)24(34)28-20-14-12-19(13-15-20)17(2)33/h4-15,18H,1-3H3,(H,28,34). The number of carbonyl (C=O) groups is 2. The summed E-state index contributed by atoms with van der Waals surface area (Å²) in [5.41, 5.74) is 3.32. The molecule has 8 nitrogen and oxygen atoms in total. The van der Waals surface area contributed by atoms with Crippen LogP contribution in [-0.4, -0.2) is 36.1 Å². The number of para-hydroxylation sites is 2. The molecule has 36 heavy (non-hydrogen) atoms. The molecule has 1 amide bonds. The van der Waals surface area contributed by atoms with Crippen molar-refractivity contribution in [2.24, 2.45) is 0 Å². The fraction of sp³-hybridized carbons (Fsp3) is 0.148. The Morgan fingerprint density at radius 3 is 2.36 bits per heavy atom. The van der Waals surface area contributed by atoms with Crippen LogP contribution in [0.4, 0.5) is 5.69 Å². The van der Waals surface area contributed by atoms with Crippen LogP contribution in [-0.2, 0) is 4.79 Å². The average molecular weight is 498 g/mol. The number of benzene rings is 3. The number of aromatic nitrogens is 4. The normalized spacial score (nSPS) is 12.1. The molecule has 180 valence electrons. The van der Waals surface area contributed by atoms with Gasteiger partial charge in [0.1, 0.15) is 0 Å². The molecule has 3 aromatic carbocycles. The number of ketones is 1. The van der Waals surface area contributed by atoms with Crippen molar-refractivity contribution in [3.8, 4) is 5.69 Å². The summed E-state index contributed by atoms with van der Waals surface area (Å²) in [6.45, 7) is 5.22. The zero-order chi connectivity index (χ0) is 25.4. The molecule has 0 saturated carbocycles. The third kappa shape index (κ3) is 4.18. The van der Waals surface area contributed by atoms with E-state index in [1.807, 2.05) is 53.8 Å². The van der Waals surface area contributed by atoms with Crippen molar-refractivity contribution in [3.05, 3.63) is 94.3 Å². The molecule has 0 aliphatic carbocycles. The molecule has 5 rings (SSSR count). The van der Waals surface area contributed by atoms with Gasteiger partial charge < -0.3 is 5.32 Å². The monoisotopic (exact) mass is 497 g/mol. The van der Waals surface area contributed by atoms with E-state index in [4.69, 9.17) is 0 Å². The maximum absolute atomic E-state index is 13.5. The fourth-order valence-electron chi connectivity index (χ4n) is 4.03. The first-order valence-corrected chi connectivity index (χ1v) is 12.3. The molecule has 2 aromatic heterocycles. The Bertz CT molecular complexity index is 1690. The smallest absolute Gasteiger partial charge is 0.267 e. The molecule has 0 radical (unpaired) electrons. The van der Waals surface area contributed by atoms with Gasteiger partial charge in [0.05, 0.1) is 21.8 Å². The van der Waals surface area contributed by atoms with Gasteiger partial charge in [-0.15, -0.1) is 10.2 Å². The molecular weight excluding hydrogens is 474 g/mol. The Morgan fingerprint density at radius 1 is 0.944 bits per heavy atom. The second-order valence-corrected chi connectivity index (χ2v) is 9.75. The SMILES string of the molecule is CC(=O)c1ccc(NC(=O)C(C)Sc2nnc3n(-c4ccccc4C)c(=O)c4ccccc4n23)cc1. The molecule has 0 aliphatic rings. The van der Waals surface area contributed by atoms with E-state index in [0.717, 1.165) is 11.3 Å². The lowest BCUT2D eigenvalue weighted by molar-refractivity contribution is -0.115. The summed E-state index contributed by atoms with van der Waals surface area (Å²) in [4.78, 5) is 37.9. The summed E-state index contributed by atoms with van der Waals surface area (Å²) in [6, 6.07) is 21.7. The van der Waals surface area contributed by atoms with Crippen molar-refractivity contribution in [3.63, 3.8) is 0 Å². The Balaban J connectivity index is 1.54. The Kier molecular flexibility index (Phi) is 6.15. The summed E-state index contributed by atoms with van der Waals surface area (Å²) >= 11 is 1.25. The summed E-state index contributed by atoms with van der Waals surface area (Å²) in [7, 11) is 0. The number of thioether (sulfide) groups is 1. The van der Waals surface area contributed by atoms with Crippen LogP contribution in [0.1, 0.15) is 29.8 Å². The van der Waals surface area contributed by atoms with Gasteiger partial charge in [0.2, 0.25) is 11.7 Å². The van der Waals surface area contributed by atoms with E-state index in [0.29, 0.717) is 33.1 Å². The summed E-state index contributed by atoms with van der Waals surface area (Å²) in [5, 5.41) is 12.1. The van der Waals surface area contributed by atoms with Gasteiger partial charge in [-0.3, -0.25) is 18.8 Å². The first kappa shape index (κ1) is 23.5. The van der Waals surface area contributed by atoms with E-state index in [2.05, 4.69) is 15.5 Å². The highest BCUT2D eigenvalue weighted by Gasteiger charge is 2.22. The van der Waals surface area contributed by atoms with Crippen LogP contribution < -0.4 is 10.9 Å². The minimum Gasteiger partial charge on any atom is -0.325 e. The van der Waals surface area contributed by atoms with Crippen LogP contribution in [0.2, 0.25) is 0 Å². The number of hydrogen-bond acceptors (Lipinski definition) is 6. The third-order valence-electron chi connectivity index (χ3n) is 5.96. The molecule has 5 aromatic rings. The Labute approximate surface area is 211 Å². The van der Waals surface area contributed by atoms with E-state index < -0.39 is 5.25 Å². The number of hydrogen-bond donors (Lipinski definition) is 1. The van der Waals surface area contributed by atoms with Crippen molar-refractivity contribution < 1.29 is 9.59 Å². The molecule has 0 aliphatic heterocycles. The molecule has 0 saturated heterocycles. The quantitative estimate of drug-likeness (QED) is 0.271. The average Bonchev–Trinajstić information content (AvgIpc) is 3.28. The number of Topliss-reactive ketones (excluding diaryl/α,β-unsaturated/α-hetero) is 1. The van der Waals surface area contributed by atoms with Crippen molar-refractivity contribution in [2.75, 3.05) is 5.32 Å². The molecular formula is C27H23N5O3S. The minimum absolute atomic E-state index is 0.0353. The lowest BCUT2D eigenvalue weighted by atomic mass is 10.1. The van der Waals surface area contributed by atoms with Crippen LogP contribution in [0.15, 0.2) is 82.7 Å². The lowest BCUT2D eigenvalue weighted by Gasteiger charge is -2.14. The largest absolute Gasteiger partial charge is 0.325 e. The Morgan fingerprint density at radius 2 is 1.64 bits per heavy atom. The molecule has 0 spiro atoms. The van der Waals surface area contributed by atoms with Crippen LogP contribution >= 0.6 is 11.8 Å². The van der Waals surface area contributed by atoms with Gasteiger partial charge in [-0.25, -0.2) is 4.57 Å². The number of amides is 1. The van der Waals surface area contributed by atoms with Gasteiger partial charge in [0, 0.05) is 11.3 Å². The van der Waals surface area contributed by atoms with E-state index in [9.17, 15) is 14.4 Å². The van der Waals surface area contributed by atoms with Gasteiger partial charge in [-0.1, -0.05) is 42.1 Å². The van der Waals surface area contributed by atoms with E-state index in [1.54, 1.807) is 41.8 Å². The van der Waals surface area contributed by atoms with Gasteiger partial charge in [-0.05, 0) is 68.8 Å². The Hall–Kier alpha value is -4.24. The fourth-order valence-corrected chi connectivity index (χ4v) is 4.89. The van der Waals surface area contributed by atoms with Gasteiger partial charge in [-0.2, -0.15) is 0 Å². The predicted octanol–water partition coefficient (Wildman–Crippen LogP) is 4.66. The zero-order valence-corrected chi connectivity index (χ0v) is 20.7. The topological polar surface area (TPSA) is 98.4 Å². The highest BCUT2D eigenvalue weighted by molar-refractivity contribution is 8.00. The maximum Gasteiger partial charge on any atom is 0.267 e. The van der Waals surface area contributed by atoms with Crippen LogP contribution in [0.25, 0.3) is 22.4 Å². The summed E-state index contributed by atoms with van der Waals surface area (Å²) < 4.78 is 3.38. The molecule has 0 fully saturated rings. The highest BCUT2D eigenvalue weighted by Crippen LogP contribution is 2.27. The second-order valence-electron chi connectivity index (χ2n) is 8.45. The number of anilines is 1. The molecule has 1 N–H and O–H groups in total. The molecule has 0 bridgehead atoms. The maximum atomic E-state index is 13.5. The number of nitrogens with zero attached hydrogens (tertiary/aromatic N) is 4. The number of fused-ring (bicyclic) bond motifs is 3. The minimum atomic E-state index is -0.512. The number of nitrogens with one attached hydrogen (secondary N) is 1. The lowest BCUT2D eigenvalue weighted by Crippen LogP contribution is -2.24. The number of carbonyl (C=O) groups excluding carboxylic acids is 2. The number of aryl methyl sites for hydroxylation is 1. The first-order valence-electron chi connectivity index (χ1n) is 11.4. The summed E-state index contributed by atoms with van der Waals surface area (Å²) in [6.07, 6.45) is 0. The highest BCUT2D eigenvalue weighted by atomic mass is 32.2. The van der Waals surface area contributed by atoms with E-state index in [1.165, 1.54) is 18.7 Å². The van der Waals surface area contributed by atoms with Crippen molar-refractivity contribution in [1.29, 1.82) is 0 Å². The van der Waals surface area contributed by atoms with E-state index >= 15 is 0 Å². The van der Waals surface area contributed by atoms with Gasteiger partial charge >= 0.3 is 0 Å². The van der Waals surface area contributed by atoms with Crippen LogP contribution in [0, 0.1) is 6.92 Å². The molecule has 9 heteroatoms. The van der Waals surface area contributed by atoms with Gasteiger partial charge in [0.25, 0.3) is 5.56 Å². The third-order valence-corrected chi connectivity index (χ3v) is 7.00. The first-order chi connectivity index (χ1) is 17.3. The summed E-state index contributed by atoms with van der Waals surface area (Å²) in [5.74, 6) is 0.124. The molecule has 2 heterocycles. The zero-order valence-electron chi connectivity index (χ0n) is 19.9. The molecule has 1 atom stereocenters. The van der Waals surface area contributed by atoms with E-state index in [-0.39, 0.29) is 17.2 Å². The van der Waals surface area contributed by atoms with Crippen LogP contribution in [0.5, 0.6) is 0 Å². The second kappa shape index (κ2) is 9.43. The predicted molar refractivity (Wildman–Crippen MR) is 141 cm³/mol. The van der Waals surface area contributed by atoms with Gasteiger partial charge in [0.15, 0.2) is 10.9 Å². The van der Waals surface area contributed by atoms with Crippen molar-refractivity contribution in [1.82, 2.24) is 19.2 Å². The number of rotatable bonds is 6. The van der Waals surface area contributed by atoms with Crippen molar-refractivity contribution >= 4 is 45.8 Å². The molecule has 1 unspecified atom stereocenters.